The minimum absolute atomic E-state index is 0.187. The number of nitrogens with one attached hydrogen (secondary N) is 1. The molecule has 1 rings (SSSR count). The lowest BCUT2D eigenvalue weighted by molar-refractivity contribution is -0.142. The molecular formula is C12H13NO5. The summed E-state index contributed by atoms with van der Waals surface area (Å²) in [7, 11) is 0. The second kappa shape index (κ2) is 4.87. The lowest BCUT2D eigenvalue weighted by Crippen LogP contribution is -2.56. The third kappa shape index (κ3) is 2.32. The van der Waals surface area contributed by atoms with Crippen LogP contribution in [0.15, 0.2) is 36.5 Å². The maximum absolute atomic E-state index is 11.4. The van der Waals surface area contributed by atoms with Crippen LogP contribution in [-0.4, -0.2) is 33.6 Å². The molecule has 1 amide bonds. The summed E-state index contributed by atoms with van der Waals surface area (Å²) in [5, 5.41) is 20.6. The summed E-state index contributed by atoms with van der Waals surface area (Å²) in [6, 6.07) is 0. The molecule has 0 spiro atoms. The Bertz CT molecular complexity index is 477. The molecule has 0 saturated heterocycles. The molecule has 2 unspecified atom stereocenters. The monoisotopic (exact) mass is 251 g/mol. The molecule has 0 saturated carbocycles. The molecule has 0 aromatic heterocycles. The highest BCUT2D eigenvalue weighted by molar-refractivity contribution is 5.96. The Morgan fingerprint density at radius 1 is 1.44 bits per heavy atom. The Hall–Kier alpha value is -2.37. The summed E-state index contributed by atoms with van der Waals surface area (Å²) in [5.74, 6) is -4.29. The normalized spacial score (nSPS) is 26.1. The molecule has 0 heterocycles. The molecule has 0 aromatic carbocycles. The number of amides is 1. The van der Waals surface area contributed by atoms with Gasteiger partial charge in [0.15, 0.2) is 0 Å². The zero-order valence-electron chi connectivity index (χ0n) is 9.71. The summed E-state index contributed by atoms with van der Waals surface area (Å²) < 4.78 is 0. The van der Waals surface area contributed by atoms with Gasteiger partial charge >= 0.3 is 11.9 Å². The molecule has 18 heavy (non-hydrogen) atoms. The number of allylic oxidation sites excluding steroid dienone is 2. The van der Waals surface area contributed by atoms with Crippen molar-refractivity contribution in [2.24, 2.45) is 5.92 Å². The molecule has 1 aliphatic rings. The van der Waals surface area contributed by atoms with Crippen LogP contribution < -0.4 is 5.32 Å². The van der Waals surface area contributed by atoms with Crippen molar-refractivity contribution in [1.29, 1.82) is 0 Å². The largest absolute Gasteiger partial charge is 0.481 e. The number of carbonyl (C=O) groups is 3. The maximum atomic E-state index is 11.4. The summed E-state index contributed by atoms with van der Waals surface area (Å²) in [5.41, 5.74) is -1.70. The third-order valence-corrected chi connectivity index (χ3v) is 2.81. The van der Waals surface area contributed by atoms with E-state index in [1.165, 1.54) is 25.2 Å². The Labute approximate surface area is 103 Å². The van der Waals surface area contributed by atoms with E-state index in [9.17, 15) is 14.4 Å². The van der Waals surface area contributed by atoms with Gasteiger partial charge in [-0.3, -0.25) is 9.59 Å². The van der Waals surface area contributed by atoms with Crippen molar-refractivity contribution in [1.82, 2.24) is 5.32 Å². The van der Waals surface area contributed by atoms with Crippen LogP contribution >= 0.6 is 0 Å². The minimum atomic E-state index is -1.52. The van der Waals surface area contributed by atoms with Crippen molar-refractivity contribution in [3.63, 3.8) is 0 Å². The Morgan fingerprint density at radius 2 is 2.06 bits per heavy atom. The highest BCUT2D eigenvalue weighted by atomic mass is 16.4. The van der Waals surface area contributed by atoms with Crippen LogP contribution in [0.4, 0.5) is 0 Å². The molecular weight excluding hydrogens is 238 g/mol. The van der Waals surface area contributed by atoms with Gasteiger partial charge < -0.3 is 15.5 Å². The van der Waals surface area contributed by atoms with Crippen LogP contribution in [0.2, 0.25) is 0 Å². The maximum Gasteiger partial charge on any atom is 0.333 e. The number of hydrogen-bond donors (Lipinski definition) is 3. The quantitative estimate of drug-likeness (QED) is 0.624. The topological polar surface area (TPSA) is 104 Å². The van der Waals surface area contributed by atoms with E-state index in [-0.39, 0.29) is 5.57 Å². The number of rotatable bonds is 4. The first-order valence-corrected chi connectivity index (χ1v) is 5.12. The van der Waals surface area contributed by atoms with Gasteiger partial charge in [0.2, 0.25) is 5.91 Å². The SMILES string of the molecule is C=CC(=O)NC1(C)C(C(=O)O)=CC=CC1C(=O)O. The van der Waals surface area contributed by atoms with Gasteiger partial charge in [-0.1, -0.05) is 18.7 Å². The molecule has 1 aliphatic carbocycles. The molecule has 6 nitrogen and oxygen atoms in total. The summed E-state index contributed by atoms with van der Waals surface area (Å²) >= 11 is 0. The first-order valence-electron chi connectivity index (χ1n) is 5.12. The first kappa shape index (κ1) is 13.7. The van der Waals surface area contributed by atoms with Gasteiger partial charge in [0.25, 0.3) is 0 Å². The fraction of sp³-hybridized carbons (Fsp3) is 0.250. The average molecular weight is 251 g/mol. The molecule has 0 fully saturated rings. The zero-order chi connectivity index (χ0) is 13.9. The minimum Gasteiger partial charge on any atom is -0.481 e. The highest BCUT2D eigenvalue weighted by Gasteiger charge is 2.45. The van der Waals surface area contributed by atoms with Crippen molar-refractivity contribution in [2.45, 2.75) is 12.5 Å². The lowest BCUT2D eigenvalue weighted by Gasteiger charge is -2.36. The average Bonchev–Trinajstić information content (AvgIpc) is 2.27. The summed E-state index contributed by atoms with van der Waals surface area (Å²) in [4.78, 5) is 33.7. The van der Waals surface area contributed by atoms with E-state index in [4.69, 9.17) is 10.2 Å². The molecule has 0 bridgehead atoms. The zero-order valence-corrected chi connectivity index (χ0v) is 9.71. The molecule has 0 aromatic rings. The van der Waals surface area contributed by atoms with E-state index < -0.39 is 29.3 Å². The van der Waals surface area contributed by atoms with E-state index in [1.807, 2.05) is 0 Å². The number of hydrogen-bond acceptors (Lipinski definition) is 3. The van der Waals surface area contributed by atoms with Crippen LogP contribution in [-0.2, 0) is 14.4 Å². The van der Waals surface area contributed by atoms with Crippen molar-refractivity contribution in [3.05, 3.63) is 36.5 Å². The molecule has 96 valence electrons. The third-order valence-electron chi connectivity index (χ3n) is 2.81. The van der Waals surface area contributed by atoms with E-state index >= 15 is 0 Å². The molecule has 0 aliphatic heterocycles. The molecule has 0 radical (unpaired) electrons. The van der Waals surface area contributed by atoms with Gasteiger partial charge in [-0.25, -0.2) is 4.79 Å². The van der Waals surface area contributed by atoms with Gasteiger partial charge in [-0.15, -0.1) is 0 Å². The number of aliphatic carboxylic acids is 2. The smallest absolute Gasteiger partial charge is 0.333 e. The van der Waals surface area contributed by atoms with Gasteiger partial charge in [0, 0.05) is 0 Å². The van der Waals surface area contributed by atoms with Crippen LogP contribution in [0.1, 0.15) is 6.92 Å². The van der Waals surface area contributed by atoms with Gasteiger partial charge in [0.05, 0.1) is 11.1 Å². The van der Waals surface area contributed by atoms with Crippen molar-refractivity contribution in [3.8, 4) is 0 Å². The fourth-order valence-corrected chi connectivity index (χ4v) is 1.87. The predicted molar refractivity (Wildman–Crippen MR) is 62.7 cm³/mol. The lowest BCUT2D eigenvalue weighted by atomic mass is 9.75. The second-order valence-corrected chi connectivity index (χ2v) is 3.98. The van der Waals surface area contributed by atoms with Gasteiger partial charge in [0.1, 0.15) is 5.92 Å². The van der Waals surface area contributed by atoms with Crippen molar-refractivity contribution in [2.75, 3.05) is 0 Å². The van der Waals surface area contributed by atoms with Crippen LogP contribution in [0.25, 0.3) is 0 Å². The Kier molecular flexibility index (Phi) is 3.70. The number of carboxylic acid groups (broad SMARTS) is 2. The van der Waals surface area contributed by atoms with Crippen LogP contribution in [0.3, 0.4) is 0 Å². The standard InChI is InChI=1S/C12H13NO5/c1-3-9(14)13-12(2)7(10(15)16)5-4-6-8(12)11(17)18/h3-7H,1H2,2H3,(H,13,14)(H,15,16)(H,17,18). The first-order chi connectivity index (χ1) is 8.32. The van der Waals surface area contributed by atoms with E-state index in [1.54, 1.807) is 0 Å². The second-order valence-electron chi connectivity index (χ2n) is 3.98. The highest BCUT2D eigenvalue weighted by Crippen LogP contribution is 2.31. The Morgan fingerprint density at radius 3 is 2.50 bits per heavy atom. The van der Waals surface area contributed by atoms with Crippen LogP contribution in [0, 0.1) is 5.92 Å². The van der Waals surface area contributed by atoms with E-state index in [0.717, 1.165) is 6.08 Å². The fourth-order valence-electron chi connectivity index (χ4n) is 1.87. The van der Waals surface area contributed by atoms with Crippen LogP contribution in [0.5, 0.6) is 0 Å². The van der Waals surface area contributed by atoms with Crippen molar-refractivity contribution < 1.29 is 24.6 Å². The van der Waals surface area contributed by atoms with E-state index in [2.05, 4.69) is 11.9 Å². The van der Waals surface area contributed by atoms with E-state index in [0.29, 0.717) is 0 Å². The summed E-state index contributed by atoms with van der Waals surface area (Å²) in [6.45, 7) is 4.61. The molecule has 6 heteroatoms. The number of carbonyl (C=O) groups excluding carboxylic acids is 1. The number of carboxylic acids is 2. The molecule has 3 N–H and O–H groups in total. The Balaban J connectivity index is 3.26. The molecule has 2 atom stereocenters. The van der Waals surface area contributed by atoms with Crippen molar-refractivity contribution >= 4 is 17.8 Å². The van der Waals surface area contributed by atoms with Gasteiger partial charge in [-0.05, 0) is 19.1 Å². The van der Waals surface area contributed by atoms with Gasteiger partial charge in [-0.2, -0.15) is 0 Å². The summed E-state index contributed by atoms with van der Waals surface area (Å²) in [6.07, 6.45) is 4.91. The predicted octanol–water partition coefficient (Wildman–Crippen LogP) is 0.329.